The summed E-state index contributed by atoms with van der Waals surface area (Å²) in [5.41, 5.74) is 3.10. The number of pyridine rings is 1. The van der Waals surface area contributed by atoms with Crippen molar-refractivity contribution in [3.63, 3.8) is 0 Å². The molecule has 0 amide bonds. The van der Waals surface area contributed by atoms with E-state index in [1.165, 1.54) is 0 Å². The van der Waals surface area contributed by atoms with Gasteiger partial charge in [0.2, 0.25) is 0 Å². The zero-order valence-corrected chi connectivity index (χ0v) is 13.6. The van der Waals surface area contributed by atoms with Crippen LogP contribution < -0.4 is 0 Å². The van der Waals surface area contributed by atoms with Gasteiger partial charge >= 0.3 is 5.97 Å². The first-order valence-electron chi connectivity index (χ1n) is 7.50. The van der Waals surface area contributed by atoms with Gasteiger partial charge in [0.1, 0.15) is 6.10 Å². The highest BCUT2D eigenvalue weighted by Crippen LogP contribution is 2.23. The average Bonchev–Trinajstić information content (AvgIpc) is 2.95. The molecule has 3 rings (SSSR count). The molecule has 120 valence electrons. The Morgan fingerprint density at radius 1 is 1.38 bits per heavy atom. The van der Waals surface area contributed by atoms with Gasteiger partial charge in [-0.1, -0.05) is 12.1 Å². The van der Waals surface area contributed by atoms with E-state index in [0.29, 0.717) is 22.2 Å². The van der Waals surface area contributed by atoms with Crippen LogP contribution in [0.5, 0.6) is 0 Å². The van der Waals surface area contributed by atoms with Crippen molar-refractivity contribution in [1.82, 2.24) is 14.8 Å². The number of benzene rings is 1. The van der Waals surface area contributed by atoms with Crippen LogP contribution in [0.1, 0.15) is 40.2 Å². The van der Waals surface area contributed by atoms with Crippen LogP contribution in [0.4, 0.5) is 0 Å². The molecule has 0 spiro atoms. The number of carbonyl (C=O) groups is 1. The Morgan fingerprint density at radius 2 is 2.17 bits per heavy atom. The average molecular weight is 320 g/mol. The smallest absolute Gasteiger partial charge is 0.339 e. The molecular formula is C18H16N4O2. The van der Waals surface area contributed by atoms with E-state index in [4.69, 9.17) is 10.00 Å². The van der Waals surface area contributed by atoms with Gasteiger partial charge in [-0.3, -0.25) is 4.68 Å². The zero-order valence-electron chi connectivity index (χ0n) is 13.6. The number of esters is 1. The Morgan fingerprint density at radius 3 is 2.92 bits per heavy atom. The molecule has 1 atom stereocenters. The number of ether oxygens (including phenoxy) is 1. The Hall–Kier alpha value is -3.20. The van der Waals surface area contributed by atoms with E-state index < -0.39 is 12.1 Å². The van der Waals surface area contributed by atoms with E-state index in [2.05, 4.69) is 16.2 Å². The fraction of sp³-hybridized carbons (Fsp3) is 0.222. The molecule has 0 aliphatic carbocycles. The first-order chi connectivity index (χ1) is 11.5. The highest BCUT2D eigenvalue weighted by atomic mass is 16.5. The summed E-state index contributed by atoms with van der Waals surface area (Å²) in [4.78, 5) is 17.0. The van der Waals surface area contributed by atoms with Crippen LogP contribution in [-0.4, -0.2) is 20.7 Å². The van der Waals surface area contributed by atoms with Crippen LogP contribution in [0.15, 0.2) is 36.5 Å². The normalized spacial score (nSPS) is 11.9. The molecule has 0 aliphatic heterocycles. The first-order valence-corrected chi connectivity index (χ1v) is 7.50. The standard InChI is InChI=1S/C18H16N4O2/c1-11-7-15(16-10-20-22(3)17(16)21-11)18(23)24-12(2)14-6-4-5-13(8-14)9-19/h4-8,10,12H,1-3H3/t12-/m1/s1. The second-order valence-electron chi connectivity index (χ2n) is 5.60. The largest absolute Gasteiger partial charge is 0.454 e. The van der Waals surface area contributed by atoms with Crippen molar-refractivity contribution in [2.45, 2.75) is 20.0 Å². The minimum absolute atomic E-state index is 0.437. The molecule has 0 N–H and O–H groups in total. The SMILES string of the molecule is Cc1cc(C(=O)O[C@H](C)c2cccc(C#N)c2)c2cnn(C)c2n1. The maximum Gasteiger partial charge on any atom is 0.339 e. The van der Waals surface area contributed by atoms with Gasteiger partial charge in [0.15, 0.2) is 5.65 Å². The molecule has 0 fully saturated rings. The Labute approximate surface area is 139 Å². The molecule has 0 aliphatic rings. The maximum absolute atomic E-state index is 12.6. The topological polar surface area (TPSA) is 80.8 Å². The summed E-state index contributed by atoms with van der Waals surface area (Å²) < 4.78 is 7.21. The van der Waals surface area contributed by atoms with Crippen LogP contribution >= 0.6 is 0 Å². The van der Waals surface area contributed by atoms with Crippen molar-refractivity contribution >= 4 is 17.0 Å². The predicted octanol–water partition coefficient (Wildman–Crippen LogP) is 3.07. The minimum atomic E-state index is -0.467. The fourth-order valence-electron chi connectivity index (χ4n) is 2.56. The lowest BCUT2D eigenvalue weighted by atomic mass is 10.1. The van der Waals surface area contributed by atoms with Crippen molar-refractivity contribution in [2.75, 3.05) is 0 Å². The summed E-state index contributed by atoms with van der Waals surface area (Å²) in [5, 5.41) is 13.8. The second-order valence-corrected chi connectivity index (χ2v) is 5.60. The molecule has 1 aromatic carbocycles. The number of hydrogen-bond acceptors (Lipinski definition) is 5. The number of carbonyl (C=O) groups excluding carboxylic acids is 1. The lowest BCUT2D eigenvalue weighted by Gasteiger charge is -2.14. The maximum atomic E-state index is 12.6. The van der Waals surface area contributed by atoms with Crippen molar-refractivity contribution < 1.29 is 9.53 Å². The summed E-state index contributed by atoms with van der Waals surface area (Å²) in [6, 6.07) is 10.8. The third kappa shape index (κ3) is 2.84. The second kappa shape index (κ2) is 6.13. The molecule has 24 heavy (non-hydrogen) atoms. The van der Waals surface area contributed by atoms with E-state index in [0.717, 1.165) is 11.3 Å². The summed E-state index contributed by atoms with van der Waals surface area (Å²) in [6.45, 7) is 3.60. The number of rotatable bonds is 3. The van der Waals surface area contributed by atoms with Crippen molar-refractivity contribution in [2.24, 2.45) is 7.05 Å². The van der Waals surface area contributed by atoms with Gasteiger partial charge in [-0.2, -0.15) is 10.4 Å². The van der Waals surface area contributed by atoms with Crippen molar-refractivity contribution in [3.8, 4) is 6.07 Å². The quantitative estimate of drug-likeness (QED) is 0.693. The first kappa shape index (κ1) is 15.7. The van der Waals surface area contributed by atoms with Crippen LogP contribution in [0.3, 0.4) is 0 Å². The number of aromatic nitrogens is 3. The highest BCUT2D eigenvalue weighted by Gasteiger charge is 2.19. The Bertz CT molecular complexity index is 969. The van der Waals surface area contributed by atoms with E-state index in [9.17, 15) is 4.79 Å². The molecule has 2 aromatic heterocycles. The minimum Gasteiger partial charge on any atom is -0.454 e. The van der Waals surface area contributed by atoms with E-state index in [-0.39, 0.29) is 0 Å². The van der Waals surface area contributed by atoms with Crippen LogP contribution in [0.25, 0.3) is 11.0 Å². The fourth-order valence-corrected chi connectivity index (χ4v) is 2.56. The number of nitrogens with zero attached hydrogens (tertiary/aromatic N) is 4. The molecule has 2 heterocycles. The van der Waals surface area contributed by atoms with Crippen molar-refractivity contribution in [3.05, 3.63) is 58.9 Å². The van der Waals surface area contributed by atoms with E-state index in [1.807, 2.05) is 13.0 Å². The van der Waals surface area contributed by atoms with Gasteiger partial charge in [-0.25, -0.2) is 9.78 Å². The number of fused-ring (bicyclic) bond motifs is 1. The molecule has 3 aromatic rings. The van der Waals surface area contributed by atoms with Crippen LogP contribution in [-0.2, 0) is 11.8 Å². The van der Waals surface area contributed by atoms with Gasteiger partial charge < -0.3 is 4.74 Å². The Kier molecular flexibility index (Phi) is 4.00. The molecule has 0 radical (unpaired) electrons. The number of hydrogen-bond donors (Lipinski definition) is 0. The van der Waals surface area contributed by atoms with Gasteiger partial charge in [0, 0.05) is 12.7 Å². The van der Waals surface area contributed by atoms with Crippen molar-refractivity contribution in [1.29, 1.82) is 5.26 Å². The molecule has 0 saturated heterocycles. The number of aryl methyl sites for hydroxylation is 2. The third-order valence-corrected chi connectivity index (χ3v) is 3.82. The molecule has 0 bridgehead atoms. The van der Waals surface area contributed by atoms with Gasteiger partial charge in [-0.15, -0.1) is 0 Å². The van der Waals surface area contributed by atoms with Crippen LogP contribution in [0, 0.1) is 18.3 Å². The highest BCUT2D eigenvalue weighted by molar-refractivity contribution is 6.02. The lowest BCUT2D eigenvalue weighted by Crippen LogP contribution is -2.10. The zero-order chi connectivity index (χ0) is 17.3. The summed E-state index contributed by atoms with van der Waals surface area (Å²) in [7, 11) is 1.78. The molecule has 0 saturated carbocycles. The monoisotopic (exact) mass is 320 g/mol. The summed E-state index contributed by atoms with van der Waals surface area (Å²) >= 11 is 0. The molecule has 6 heteroatoms. The summed E-state index contributed by atoms with van der Waals surface area (Å²) in [5.74, 6) is -0.437. The molecular weight excluding hydrogens is 304 g/mol. The third-order valence-electron chi connectivity index (χ3n) is 3.82. The van der Waals surface area contributed by atoms with Gasteiger partial charge in [0.05, 0.1) is 28.8 Å². The molecule has 6 nitrogen and oxygen atoms in total. The van der Waals surface area contributed by atoms with Gasteiger partial charge in [-0.05, 0) is 37.6 Å². The Balaban J connectivity index is 1.91. The predicted molar refractivity (Wildman–Crippen MR) is 88.2 cm³/mol. The molecule has 0 unspecified atom stereocenters. The van der Waals surface area contributed by atoms with Gasteiger partial charge in [0.25, 0.3) is 0 Å². The van der Waals surface area contributed by atoms with E-state index >= 15 is 0 Å². The lowest BCUT2D eigenvalue weighted by molar-refractivity contribution is 0.0340. The number of nitriles is 1. The van der Waals surface area contributed by atoms with Crippen LogP contribution in [0.2, 0.25) is 0 Å². The van der Waals surface area contributed by atoms with E-state index in [1.54, 1.807) is 49.1 Å². The summed E-state index contributed by atoms with van der Waals surface area (Å²) in [6.07, 6.45) is 1.14.